The Morgan fingerprint density at radius 2 is 1.72 bits per heavy atom. The molecule has 7 nitrogen and oxygen atoms in total. The first-order valence-corrected chi connectivity index (χ1v) is 9.79. The number of ether oxygens (including phenoxy) is 1. The van der Waals surface area contributed by atoms with E-state index in [0.29, 0.717) is 23.1 Å². The first-order valence-electron chi connectivity index (χ1n) is 9.79. The van der Waals surface area contributed by atoms with Crippen LogP contribution in [0.15, 0.2) is 60.9 Å². The molecule has 3 heterocycles. The fourth-order valence-electron chi connectivity index (χ4n) is 3.65. The Hall–Kier alpha value is -3.45. The minimum Gasteiger partial charge on any atom is -0.394 e. The highest BCUT2D eigenvalue weighted by atomic mass is 16.5. The second kappa shape index (κ2) is 7.52. The summed E-state index contributed by atoms with van der Waals surface area (Å²) < 4.78 is 7.37. The summed E-state index contributed by atoms with van der Waals surface area (Å²) in [5, 5.41) is 3.52. The van der Waals surface area contributed by atoms with E-state index in [9.17, 15) is 0 Å². The van der Waals surface area contributed by atoms with E-state index in [1.807, 2.05) is 59.2 Å². The monoisotopic (exact) mass is 386 g/mol. The number of anilines is 2. The molecule has 29 heavy (non-hydrogen) atoms. The van der Waals surface area contributed by atoms with Crippen LogP contribution in [0, 0.1) is 0 Å². The van der Waals surface area contributed by atoms with E-state index < -0.39 is 0 Å². The van der Waals surface area contributed by atoms with Crippen molar-refractivity contribution in [1.29, 1.82) is 0 Å². The molecule has 0 bridgehead atoms. The topological polar surface area (TPSA) is 90.9 Å². The van der Waals surface area contributed by atoms with E-state index in [4.69, 9.17) is 20.4 Å². The van der Waals surface area contributed by atoms with Crippen molar-refractivity contribution in [3.05, 3.63) is 60.9 Å². The maximum absolute atomic E-state index is 6.52. The van der Waals surface area contributed by atoms with Crippen LogP contribution < -0.4 is 11.1 Å². The molecule has 0 aliphatic carbocycles. The highest BCUT2D eigenvalue weighted by Crippen LogP contribution is 2.31. The SMILES string of the molecule is Nc1c(NC2CCOCC2)nc(-n2cnc3ccccc32)nc1-c1ccccc1. The number of nitrogens with one attached hydrogen (secondary N) is 1. The number of hydrogen-bond donors (Lipinski definition) is 2. The van der Waals surface area contributed by atoms with Crippen LogP contribution in [-0.2, 0) is 4.74 Å². The zero-order chi connectivity index (χ0) is 19.6. The molecule has 146 valence electrons. The van der Waals surface area contributed by atoms with Gasteiger partial charge in [-0.3, -0.25) is 4.57 Å². The van der Waals surface area contributed by atoms with Gasteiger partial charge < -0.3 is 15.8 Å². The molecule has 1 aliphatic heterocycles. The van der Waals surface area contributed by atoms with Gasteiger partial charge in [0.1, 0.15) is 17.7 Å². The third-order valence-corrected chi connectivity index (χ3v) is 5.21. The number of fused-ring (bicyclic) bond motifs is 1. The van der Waals surface area contributed by atoms with Crippen molar-refractivity contribution < 1.29 is 4.74 Å². The van der Waals surface area contributed by atoms with Crippen molar-refractivity contribution in [2.45, 2.75) is 18.9 Å². The van der Waals surface area contributed by atoms with Gasteiger partial charge in [-0.2, -0.15) is 4.98 Å². The van der Waals surface area contributed by atoms with Gasteiger partial charge >= 0.3 is 0 Å². The minimum absolute atomic E-state index is 0.275. The minimum atomic E-state index is 0.275. The average molecular weight is 386 g/mol. The molecule has 0 unspecified atom stereocenters. The summed E-state index contributed by atoms with van der Waals surface area (Å²) in [5.74, 6) is 1.19. The van der Waals surface area contributed by atoms with Crippen molar-refractivity contribution in [2.24, 2.45) is 0 Å². The molecule has 1 aliphatic rings. The third-order valence-electron chi connectivity index (χ3n) is 5.21. The standard InChI is InChI=1S/C22H22N6O/c23-19-20(15-6-2-1-3-7-15)26-22(27-21(19)25-16-10-12-29-13-11-16)28-14-24-17-8-4-5-9-18(17)28/h1-9,14,16H,10-13,23H2,(H,25,26,27). The lowest BCUT2D eigenvalue weighted by atomic mass is 10.1. The van der Waals surface area contributed by atoms with Gasteiger partial charge in [0, 0.05) is 24.8 Å². The number of nitrogen functional groups attached to an aromatic ring is 1. The van der Waals surface area contributed by atoms with E-state index in [1.165, 1.54) is 0 Å². The Balaban J connectivity index is 1.65. The van der Waals surface area contributed by atoms with Crippen LogP contribution in [0.5, 0.6) is 0 Å². The summed E-state index contributed by atoms with van der Waals surface area (Å²) in [7, 11) is 0. The Bertz CT molecular complexity index is 1130. The first kappa shape index (κ1) is 17.6. The van der Waals surface area contributed by atoms with Gasteiger partial charge in [-0.15, -0.1) is 0 Å². The highest BCUT2D eigenvalue weighted by molar-refractivity contribution is 5.82. The molecule has 4 aromatic rings. The van der Waals surface area contributed by atoms with E-state index in [2.05, 4.69) is 10.3 Å². The maximum atomic E-state index is 6.52. The van der Waals surface area contributed by atoms with Crippen molar-refractivity contribution in [1.82, 2.24) is 19.5 Å². The fourth-order valence-corrected chi connectivity index (χ4v) is 3.65. The Morgan fingerprint density at radius 3 is 2.55 bits per heavy atom. The van der Waals surface area contributed by atoms with Crippen molar-refractivity contribution >= 4 is 22.5 Å². The molecular weight excluding hydrogens is 364 g/mol. The predicted molar refractivity (Wildman–Crippen MR) is 114 cm³/mol. The van der Waals surface area contributed by atoms with Crippen molar-refractivity contribution in [3.8, 4) is 17.2 Å². The average Bonchev–Trinajstić information content (AvgIpc) is 3.21. The van der Waals surface area contributed by atoms with Gasteiger partial charge in [-0.1, -0.05) is 42.5 Å². The Morgan fingerprint density at radius 1 is 0.966 bits per heavy atom. The number of nitrogens with zero attached hydrogens (tertiary/aromatic N) is 4. The Labute approximate surface area is 168 Å². The zero-order valence-corrected chi connectivity index (χ0v) is 16.0. The molecule has 3 N–H and O–H groups in total. The lowest BCUT2D eigenvalue weighted by Gasteiger charge is -2.25. The molecule has 0 atom stereocenters. The lowest BCUT2D eigenvalue weighted by molar-refractivity contribution is 0.0904. The van der Waals surface area contributed by atoms with Crippen molar-refractivity contribution in [2.75, 3.05) is 24.3 Å². The summed E-state index contributed by atoms with van der Waals surface area (Å²) in [5.41, 5.74) is 10.6. The summed E-state index contributed by atoms with van der Waals surface area (Å²) in [6, 6.07) is 18.2. The summed E-state index contributed by atoms with van der Waals surface area (Å²) in [4.78, 5) is 14.1. The molecule has 2 aromatic carbocycles. The van der Waals surface area contributed by atoms with Gasteiger partial charge in [-0.25, -0.2) is 9.97 Å². The fraction of sp³-hybridized carbons (Fsp3) is 0.227. The number of nitrogens with two attached hydrogens (primary N) is 1. The lowest BCUT2D eigenvalue weighted by Crippen LogP contribution is -2.29. The quantitative estimate of drug-likeness (QED) is 0.556. The smallest absolute Gasteiger partial charge is 0.238 e. The predicted octanol–water partition coefficient (Wildman–Crippen LogP) is 3.66. The molecule has 1 saturated heterocycles. The first-order chi connectivity index (χ1) is 14.3. The van der Waals surface area contributed by atoms with Gasteiger partial charge in [0.15, 0.2) is 5.82 Å². The third kappa shape index (κ3) is 3.40. The number of aromatic nitrogens is 4. The van der Waals surface area contributed by atoms with E-state index in [-0.39, 0.29) is 6.04 Å². The van der Waals surface area contributed by atoms with Crippen LogP contribution in [0.25, 0.3) is 28.2 Å². The van der Waals surface area contributed by atoms with Crippen LogP contribution in [0.2, 0.25) is 0 Å². The second-order valence-corrected chi connectivity index (χ2v) is 7.13. The van der Waals surface area contributed by atoms with E-state index in [0.717, 1.165) is 42.7 Å². The van der Waals surface area contributed by atoms with Crippen LogP contribution in [0.3, 0.4) is 0 Å². The van der Waals surface area contributed by atoms with Crippen LogP contribution in [0.4, 0.5) is 11.5 Å². The number of para-hydroxylation sites is 2. The number of rotatable bonds is 4. The van der Waals surface area contributed by atoms with Gasteiger partial charge in [0.05, 0.1) is 11.0 Å². The second-order valence-electron chi connectivity index (χ2n) is 7.13. The molecule has 0 saturated carbocycles. The highest BCUT2D eigenvalue weighted by Gasteiger charge is 2.20. The number of hydrogen-bond acceptors (Lipinski definition) is 6. The normalized spacial score (nSPS) is 14.9. The molecule has 2 aromatic heterocycles. The zero-order valence-electron chi connectivity index (χ0n) is 16.0. The van der Waals surface area contributed by atoms with Crippen molar-refractivity contribution in [3.63, 3.8) is 0 Å². The van der Waals surface area contributed by atoms with Gasteiger partial charge in [0.2, 0.25) is 5.95 Å². The number of benzene rings is 2. The molecular formula is C22H22N6O. The molecule has 0 radical (unpaired) electrons. The van der Waals surface area contributed by atoms with Crippen LogP contribution >= 0.6 is 0 Å². The summed E-state index contributed by atoms with van der Waals surface area (Å²) >= 11 is 0. The molecule has 1 fully saturated rings. The Kier molecular flexibility index (Phi) is 4.57. The summed E-state index contributed by atoms with van der Waals surface area (Å²) in [6.07, 6.45) is 3.60. The number of imidazole rings is 1. The van der Waals surface area contributed by atoms with E-state index in [1.54, 1.807) is 6.33 Å². The molecule has 0 amide bonds. The summed E-state index contributed by atoms with van der Waals surface area (Å²) in [6.45, 7) is 1.49. The van der Waals surface area contributed by atoms with Gasteiger partial charge in [-0.05, 0) is 25.0 Å². The molecule has 5 rings (SSSR count). The van der Waals surface area contributed by atoms with Crippen LogP contribution in [-0.4, -0.2) is 38.8 Å². The van der Waals surface area contributed by atoms with E-state index >= 15 is 0 Å². The van der Waals surface area contributed by atoms with Crippen LogP contribution in [0.1, 0.15) is 12.8 Å². The maximum Gasteiger partial charge on any atom is 0.238 e. The molecule has 0 spiro atoms. The van der Waals surface area contributed by atoms with Gasteiger partial charge in [0.25, 0.3) is 0 Å². The molecule has 7 heteroatoms. The largest absolute Gasteiger partial charge is 0.394 e.